The van der Waals surface area contributed by atoms with Crippen molar-refractivity contribution in [2.75, 3.05) is 6.61 Å². The molecule has 0 radical (unpaired) electrons. The lowest BCUT2D eigenvalue weighted by Crippen LogP contribution is -2.41. The standard InChI is InChI=1S/C24H27N3O4/c1-3-4-5-13-31-17-22(25)23(15-19-9-11-21(12-10-19)27(29)30)26-24(28)16-20-8-6-7-18(2)14-20/h3-12,14,17,23H,1,13,15-16,25H2,2H3,(H,26,28)/b5-4+,22-17-/t23-/m0/s1. The maximum absolute atomic E-state index is 12.6. The van der Waals surface area contributed by atoms with Gasteiger partial charge in [-0.1, -0.05) is 60.7 Å². The fourth-order valence-electron chi connectivity index (χ4n) is 2.93. The normalized spacial score (nSPS) is 12.4. The van der Waals surface area contributed by atoms with E-state index in [1.165, 1.54) is 18.4 Å². The van der Waals surface area contributed by atoms with E-state index in [4.69, 9.17) is 10.5 Å². The van der Waals surface area contributed by atoms with E-state index in [1.807, 2.05) is 31.2 Å². The summed E-state index contributed by atoms with van der Waals surface area (Å²) in [4.78, 5) is 23.1. The van der Waals surface area contributed by atoms with Crippen LogP contribution in [0.25, 0.3) is 0 Å². The molecule has 0 bridgehead atoms. The van der Waals surface area contributed by atoms with Gasteiger partial charge in [0, 0.05) is 12.1 Å². The van der Waals surface area contributed by atoms with Crippen LogP contribution in [-0.2, 0) is 22.4 Å². The summed E-state index contributed by atoms with van der Waals surface area (Å²) in [5.74, 6) is -0.180. The second-order valence-corrected chi connectivity index (χ2v) is 7.03. The second kappa shape index (κ2) is 12.0. The van der Waals surface area contributed by atoms with Crippen LogP contribution < -0.4 is 11.1 Å². The molecule has 0 aliphatic rings. The zero-order valence-corrected chi connectivity index (χ0v) is 17.5. The van der Waals surface area contributed by atoms with Crippen LogP contribution in [0.4, 0.5) is 5.69 Å². The maximum Gasteiger partial charge on any atom is 0.269 e. The number of nitro groups is 1. The fraction of sp³-hybridized carbons (Fsp3) is 0.208. The molecule has 2 rings (SSSR count). The summed E-state index contributed by atoms with van der Waals surface area (Å²) < 4.78 is 5.42. The Morgan fingerprint density at radius 1 is 1.26 bits per heavy atom. The van der Waals surface area contributed by atoms with Crippen LogP contribution in [0.15, 0.2) is 85.3 Å². The van der Waals surface area contributed by atoms with Gasteiger partial charge in [0.05, 0.1) is 23.1 Å². The van der Waals surface area contributed by atoms with E-state index >= 15 is 0 Å². The zero-order valence-electron chi connectivity index (χ0n) is 17.5. The van der Waals surface area contributed by atoms with Crippen molar-refractivity contribution < 1.29 is 14.5 Å². The molecule has 0 aliphatic heterocycles. The molecule has 2 aromatic rings. The number of carbonyl (C=O) groups is 1. The molecule has 0 aromatic heterocycles. The van der Waals surface area contributed by atoms with Crippen LogP contribution in [0.3, 0.4) is 0 Å². The Balaban J connectivity index is 2.12. The molecular weight excluding hydrogens is 394 g/mol. The number of aryl methyl sites for hydroxylation is 1. The van der Waals surface area contributed by atoms with Gasteiger partial charge < -0.3 is 15.8 Å². The number of benzene rings is 2. The lowest BCUT2D eigenvalue weighted by molar-refractivity contribution is -0.384. The molecule has 0 aliphatic carbocycles. The predicted octanol–water partition coefficient (Wildman–Crippen LogP) is 3.73. The maximum atomic E-state index is 12.6. The van der Waals surface area contributed by atoms with Crippen molar-refractivity contribution in [1.82, 2.24) is 5.32 Å². The number of nitro benzene ring substituents is 1. The van der Waals surface area contributed by atoms with Gasteiger partial charge in [-0.15, -0.1) is 0 Å². The molecular formula is C24H27N3O4. The first-order valence-corrected chi connectivity index (χ1v) is 9.82. The number of amides is 1. The molecule has 3 N–H and O–H groups in total. The van der Waals surface area contributed by atoms with Gasteiger partial charge in [-0.25, -0.2) is 0 Å². The summed E-state index contributed by atoms with van der Waals surface area (Å²) in [5, 5.41) is 13.8. The Kier molecular flexibility index (Phi) is 9.04. The minimum absolute atomic E-state index is 0.00429. The highest BCUT2D eigenvalue weighted by atomic mass is 16.6. The molecule has 0 saturated carbocycles. The molecule has 0 spiro atoms. The van der Waals surface area contributed by atoms with E-state index in [1.54, 1.807) is 30.4 Å². The van der Waals surface area contributed by atoms with Gasteiger partial charge in [0.15, 0.2) is 0 Å². The monoisotopic (exact) mass is 421 g/mol. The van der Waals surface area contributed by atoms with Crippen molar-refractivity contribution in [2.24, 2.45) is 5.73 Å². The molecule has 7 nitrogen and oxygen atoms in total. The van der Waals surface area contributed by atoms with Crippen LogP contribution in [0.2, 0.25) is 0 Å². The Morgan fingerprint density at radius 2 is 2.00 bits per heavy atom. The number of hydrogen-bond acceptors (Lipinski definition) is 5. The molecule has 162 valence electrons. The topological polar surface area (TPSA) is 107 Å². The van der Waals surface area contributed by atoms with Crippen molar-refractivity contribution in [3.8, 4) is 0 Å². The van der Waals surface area contributed by atoms with E-state index in [0.717, 1.165) is 16.7 Å². The molecule has 1 amide bonds. The summed E-state index contributed by atoms with van der Waals surface area (Å²) in [5.41, 5.74) is 9.33. The van der Waals surface area contributed by atoms with Crippen molar-refractivity contribution in [1.29, 1.82) is 0 Å². The van der Waals surface area contributed by atoms with E-state index in [-0.39, 0.29) is 18.0 Å². The van der Waals surface area contributed by atoms with E-state index < -0.39 is 11.0 Å². The van der Waals surface area contributed by atoms with Crippen LogP contribution >= 0.6 is 0 Å². The molecule has 2 aromatic carbocycles. The summed E-state index contributed by atoms with van der Waals surface area (Å²) in [7, 11) is 0. The van der Waals surface area contributed by atoms with Gasteiger partial charge in [-0.05, 0) is 30.5 Å². The highest BCUT2D eigenvalue weighted by Gasteiger charge is 2.17. The summed E-state index contributed by atoms with van der Waals surface area (Å²) in [6.45, 7) is 5.87. The SMILES string of the molecule is C=C/C=C/CO/C=C(\N)[C@H](Cc1ccc([N+](=O)[O-])cc1)NC(=O)Cc1cccc(C)c1. The Bertz CT molecular complexity index is 965. The third-order valence-electron chi connectivity index (χ3n) is 4.46. The predicted molar refractivity (Wildman–Crippen MR) is 121 cm³/mol. The van der Waals surface area contributed by atoms with Gasteiger partial charge in [0.2, 0.25) is 5.91 Å². The number of carbonyl (C=O) groups excluding carboxylic acids is 1. The zero-order chi connectivity index (χ0) is 22.6. The molecule has 7 heteroatoms. The van der Waals surface area contributed by atoms with Gasteiger partial charge in [0.1, 0.15) is 12.9 Å². The lowest BCUT2D eigenvalue weighted by Gasteiger charge is -2.19. The average Bonchev–Trinajstić information content (AvgIpc) is 2.73. The van der Waals surface area contributed by atoms with Gasteiger partial charge in [-0.3, -0.25) is 14.9 Å². The number of ether oxygens (including phenoxy) is 1. The summed E-state index contributed by atoms with van der Waals surface area (Å²) in [6, 6.07) is 13.4. The van der Waals surface area contributed by atoms with Crippen molar-refractivity contribution >= 4 is 11.6 Å². The number of hydrogen-bond donors (Lipinski definition) is 2. The molecule has 31 heavy (non-hydrogen) atoms. The quantitative estimate of drug-likeness (QED) is 0.189. The second-order valence-electron chi connectivity index (χ2n) is 7.03. The number of nitrogens with zero attached hydrogens (tertiary/aromatic N) is 1. The van der Waals surface area contributed by atoms with Crippen molar-refractivity contribution in [3.05, 3.63) is 112 Å². The number of allylic oxidation sites excluding steroid dienone is 2. The van der Waals surface area contributed by atoms with Crippen molar-refractivity contribution in [3.63, 3.8) is 0 Å². The number of non-ortho nitro benzene ring substituents is 1. The highest BCUT2D eigenvalue weighted by molar-refractivity contribution is 5.79. The number of nitrogens with one attached hydrogen (secondary N) is 1. The molecule has 0 heterocycles. The molecule has 0 fully saturated rings. The Hall–Kier alpha value is -3.87. The van der Waals surface area contributed by atoms with Crippen LogP contribution in [0.1, 0.15) is 16.7 Å². The third-order valence-corrected chi connectivity index (χ3v) is 4.46. The van der Waals surface area contributed by atoms with E-state index in [2.05, 4.69) is 11.9 Å². The summed E-state index contributed by atoms with van der Waals surface area (Å²) in [6.07, 6.45) is 7.16. The molecule has 1 atom stereocenters. The third kappa shape index (κ3) is 8.18. The smallest absolute Gasteiger partial charge is 0.269 e. The van der Waals surface area contributed by atoms with Crippen LogP contribution in [0.5, 0.6) is 0 Å². The molecule has 0 saturated heterocycles. The van der Waals surface area contributed by atoms with Gasteiger partial charge in [-0.2, -0.15) is 0 Å². The van der Waals surface area contributed by atoms with Gasteiger partial charge >= 0.3 is 0 Å². The minimum atomic E-state index is -0.526. The van der Waals surface area contributed by atoms with Gasteiger partial charge in [0.25, 0.3) is 5.69 Å². The van der Waals surface area contributed by atoms with Crippen LogP contribution in [0, 0.1) is 17.0 Å². The minimum Gasteiger partial charge on any atom is -0.495 e. The molecule has 0 unspecified atom stereocenters. The average molecular weight is 421 g/mol. The Morgan fingerprint density at radius 3 is 2.65 bits per heavy atom. The lowest BCUT2D eigenvalue weighted by atomic mass is 10.0. The number of nitrogens with two attached hydrogens (primary N) is 1. The summed E-state index contributed by atoms with van der Waals surface area (Å²) >= 11 is 0. The van der Waals surface area contributed by atoms with E-state index in [9.17, 15) is 14.9 Å². The van der Waals surface area contributed by atoms with E-state index in [0.29, 0.717) is 18.7 Å². The number of rotatable bonds is 11. The van der Waals surface area contributed by atoms with Crippen LogP contribution in [-0.4, -0.2) is 23.5 Å². The van der Waals surface area contributed by atoms with Crippen molar-refractivity contribution in [2.45, 2.75) is 25.8 Å². The highest BCUT2D eigenvalue weighted by Crippen LogP contribution is 2.15. The largest absolute Gasteiger partial charge is 0.495 e. The fourth-order valence-corrected chi connectivity index (χ4v) is 2.93. The first-order valence-electron chi connectivity index (χ1n) is 9.82. The Labute approximate surface area is 182 Å². The first-order chi connectivity index (χ1) is 14.9. The first kappa shape index (κ1) is 23.4.